The minimum atomic E-state index is -0.797. The van der Waals surface area contributed by atoms with Crippen molar-refractivity contribution in [1.29, 1.82) is 0 Å². The van der Waals surface area contributed by atoms with Crippen LogP contribution in [-0.2, 0) is 9.53 Å². The summed E-state index contributed by atoms with van der Waals surface area (Å²) in [5, 5.41) is 2.65. The summed E-state index contributed by atoms with van der Waals surface area (Å²) in [6.45, 7) is 3.59. The van der Waals surface area contributed by atoms with Gasteiger partial charge in [0, 0.05) is 37.3 Å². The molecule has 0 saturated carbocycles. The number of amides is 3. The molecule has 2 aromatic rings. The number of benzene rings is 2. The predicted molar refractivity (Wildman–Crippen MR) is 120 cm³/mol. The minimum Gasteiger partial charge on any atom is -0.434 e. The van der Waals surface area contributed by atoms with E-state index in [0.717, 1.165) is 0 Å². The van der Waals surface area contributed by atoms with Crippen LogP contribution < -0.4 is 10.1 Å². The molecule has 0 aliphatic carbocycles. The highest BCUT2D eigenvalue weighted by atomic mass is 16.7. The summed E-state index contributed by atoms with van der Waals surface area (Å²) in [6, 6.07) is 15.0. The van der Waals surface area contributed by atoms with Crippen molar-refractivity contribution >= 4 is 23.9 Å². The molecule has 0 spiro atoms. The largest absolute Gasteiger partial charge is 0.513 e. The Morgan fingerprint density at radius 1 is 0.848 bits per heavy atom. The van der Waals surface area contributed by atoms with Gasteiger partial charge in [-0.2, -0.15) is 0 Å². The monoisotopic (exact) mass is 453 g/mol. The Bertz CT molecular complexity index is 977. The summed E-state index contributed by atoms with van der Waals surface area (Å²) in [5.74, 6) is -0.362. The smallest absolute Gasteiger partial charge is 0.434 e. The van der Waals surface area contributed by atoms with Crippen LogP contribution in [0.15, 0.2) is 54.6 Å². The fourth-order valence-corrected chi connectivity index (χ4v) is 3.42. The minimum absolute atomic E-state index is 0.0936. The molecule has 1 aliphatic heterocycles. The van der Waals surface area contributed by atoms with Gasteiger partial charge in [-0.3, -0.25) is 14.4 Å². The van der Waals surface area contributed by atoms with Crippen molar-refractivity contribution in [3.63, 3.8) is 0 Å². The zero-order valence-corrected chi connectivity index (χ0v) is 18.5. The second-order valence-corrected chi connectivity index (χ2v) is 7.38. The van der Waals surface area contributed by atoms with Crippen LogP contribution in [0.25, 0.3) is 0 Å². The van der Waals surface area contributed by atoms with E-state index in [2.05, 4.69) is 5.32 Å². The topological polar surface area (TPSA) is 105 Å². The summed E-state index contributed by atoms with van der Waals surface area (Å²) in [5.41, 5.74) is 0.956. The summed E-state index contributed by atoms with van der Waals surface area (Å²) in [6.07, 6.45) is -0.164. The van der Waals surface area contributed by atoms with E-state index in [4.69, 9.17) is 9.47 Å². The van der Waals surface area contributed by atoms with Gasteiger partial charge in [-0.15, -0.1) is 0 Å². The number of carbonyl (C=O) groups is 4. The molecule has 3 rings (SSSR count). The van der Waals surface area contributed by atoms with Crippen molar-refractivity contribution in [2.45, 2.75) is 13.3 Å². The maximum atomic E-state index is 12.9. The lowest BCUT2D eigenvalue weighted by molar-refractivity contribution is -0.130. The molecule has 3 amide bonds. The first-order valence-electron chi connectivity index (χ1n) is 10.8. The molecule has 33 heavy (non-hydrogen) atoms. The maximum Gasteiger partial charge on any atom is 0.513 e. The summed E-state index contributed by atoms with van der Waals surface area (Å²) >= 11 is 0. The highest BCUT2D eigenvalue weighted by molar-refractivity contribution is 5.96. The first-order valence-corrected chi connectivity index (χ1v) is 10.8. The van der Waals surface area contributed by atoms with E-state index in [1.165, 1.54) is 12.1 Å². The predicted octanol–water partition coefficient (Wildman–Crippen LogP) is 2.33. The molecule has 0 unspecified atom stereocenters. The normalized spacial score (nSPS) is 13.6. The van der Waals surface area contributed by atoms with Crippen molar-refractivity contribution in [3.05, 3.63) is 65.7 Å². The van der Waals surface area contributed by atoms with Crippen LogP contribution >= 0.6 is 0 Å². The molecule has 1 N–H and O–H groups in total. The highest BCUT2D eigenvalue weighted by Gasteiger charge is 2.23. The van der Waals surface area contributed by atoms with Gasteiger partial charge in [0.1, 0.15) is 5.75 Å². The van der Waals surface area contributed by atoms with Crippen molar-refractivity contribution < 1.29 is 28.7 Å². The van der Waals surface area contributed by atoms with Gasteiger partial charge in [-0.25, -0.2) is 4.79 Å². The second kappa shape index (κ2) is 11.7. The molecule has 174 valence electrons. The van der Waals surface area contributed by atoms with E-state index in [-0.39, 0.29) is 36.6 Å². The number of ether oxygens (including phenoxy) is 2. The van der Waals surface area contributed by atoms with Gasteiger partial charge in [0.25, 0.3) is 11.8 Å². The lowest BCUT2D eigenvalue weighted by Gasteiger charge is -2.22. The van der Waals surface area contributed by atoms with E-state index in [0.29, 0.717) is 43.7 Å². The van der Waals surface area contributed by atoms with Crippen molar-refractivity contribution in [1.82, 2.24) is 15.1 Å². The van der Waals surface area contributed by atoms with Gasteiger partial charge in [-0.1, -0.05) is 18.2 Å². The Labute approximate surface area is 192 Å². The van der Waals surface area contributed by atoms with Crippen LogP contribution in [-0.4, -0.2) is 73.0 Å². The lowest BCUT2D eigenvalue weighted by Crippen LogP contribution is -2.42. The van der Waals surface area contributed by atoms with Crippen LogP contribution in [0.4, 0.5) is 4.79 Å². The van der Waals surface area contributed by atoms with Gasteiger partial charge in [-0.05, 0) is 49.7 Å². The second-order valence-electron chi connectivity index (χ2n) is 7.38. The fraction of sp³-hybridized carbons (Fsp3) is 0.333. The molecule has 1 fully saturated rings. The molecule has 1 aliphatic rings. The number of hydrogen-bond acceptors (Lipinski definition) is 6. The number of rotatable bonds is 6. The van der Waals surface area contributed by atoms with Gasteiger partial charge in [0.05, 0.1) is 13.2 Å². The van der Waals surface area contributed by atoms with Crippen molar-refractivity contribution in [2.24, 2.45) is 0 Å². The Morgan fingerprint density at radius 3 is 2.21 bits per heavy atom. The van der Waals surface area contributed by atoms with Gasteiger partial charge in [0.15, 0.2) is 0 Å². The van der Waals surface area contributed by atoms with E-state index in [9.17, 15) is 19.2 Å². The maximum absolute atomic E-state index is 12.9. The average Bonchev–Trinajstić information content (AvgIpc) is 3.09. The quantitative estimate of drug-likeness (QED) is 0.532. The number of nitrogens with one attached hydrogen (secondary N) is 1. The third-order valence-corrected chi connectivity index (χ3v) is 5.14. The zero-order valence-electron chi connectivity index (χ0n) is 18.5. The van der Waals surface area contributed by atoms with E-state index >= 15 is 0 Å². The van der Waals surface area contributed by atoms with Gasteiger partial charge < -0.3 is 24.6 Å². The summed E-state index contributed by atoms with van der Waals surface area (Å²) in [4.78, 5) is 52.3. The van der Waals surface area contributed by atoms with E-state index < -0.39 is 6.16 Å². The van der Waals surface area contributed by atoms with Crippen molar-refractivity contribution in [3.8, 4) is 5.75 Å². The molecule has 0 bridgehead atoms. The number of hydrogen-bond donors (Lipinski definition) is 1. The standard InChI is InChI=1S/C24H27N3O6/c1-2-32-24(31)33-20-11-9-19(10-12-20)23(30)27-14-6-13-26(15-16-27)21(28)17-25-22(29)18-7-4-3-5-8-18/h3-5,7-12H,2,6,13-17H2,1H3,(H,25,29). The highest BCUT2D eigenvalue weighted by Crippen LogP contribution is 2.16. The fourth-order valence-electron chi connectivity index (χ4n) is 3.42. The molecule has 1 heterocycles. The molecule has 2 aromatic carbocycles. The number of nitrogens with zero attached hydrogens (tertiary/aromatic N) is 2. The van der Waals surface area contributed by atoms with Crippen LogP contribution in [0, 0.1) is 0 Å². The molecule has 9 heteroatoms. The first kappa shape index (κ1) is 23.8. The van der Waals surface area contributed by atoms with Crippen LogP contribution in [0.5, 0.6) is 5.75 Å². The Hall–Kier alpha value is -3.88. The Morgan fingerprint density at radius 2 is 1.52 bits per heavy atom. The average molecular weight is 453 g/mol. The van der Waals surface area contributed by atoms with Crippen LogP contribution in [0.3, 0.4) is 0 Å². The number of carbonyl (C=O) groups excluding carboxylic acids is 4. The molecular formula is C24H27N3O6. The molecule has 0 radical (unpaired) electrons. The first-order chi connectivity index (χ1) is 16.0. The summed E-state index contributed by atoms with van der Waals surface area (Å²) in [7, 11) is 0. The van der Waals surface area contributed by atoms with E-state index in [1.807, 2.05) is 6.07 Å². The van der Waals surface area contributed by atoms with E-state index in [1.54, 1.807) is 53.1 Å². The molecule has 1 saturated heterocycles. The Balaban J connectivity index is 1.49. The van der Waals surface area contributed by atoms with Gasteiger partial charge >= 0.3 is 6.16 Å². The third kappa shape index (κ3) is 6.80. The van der Waals surface area contributed by atoms with Crippen LogP contribution in [0.1, 0.15) is 34.1 Å². The molecule has 9 nitrogen and oxygen atoms in total. The van der Waals surface area contributed by atoms with Crippen molar-refractivity contribution in [2.75, 3.05) is 39.3 Å². The zero-order chi connectivity index (χ0) is 23.6. The SMILES string of the molecule is CCOC(=O)Oc1ccc(C(=O)N2CCCN(C(=O)CNC(=O)c3ccccc3)CC2)cc1. The summed E-state index contributed by atoms with van der Waals surface area (Å²) < 4.78 is 9.73. The Kier molecular flexibility index (Phi) is 8.40. The molecule has 0 aromatic heterocycles. The molecule has 0 atom stereocenters. The lowest BCUT2D eigenvalue weighted by atomic mass is 10.2. The third-order valence-electron chi connectivity index (χ3n) is 5.14. The van der Waals surface area contributed by atoms with Gasteiger partial charge in [0.2, 0.25) is 5.91 Å². The molecular weight excluding hydrogens is 426 g/mol. The van der Waals surface area contributed by atoms with Crippen LogP contribution in [0.2, 0.25) is 0 Å².